The van der Waals surface area contributed by atoms with E-state index in [-0.39, 0.29) is 17.7 Å². The van der Waals surface area contributed by atoms with Crippen molar-refractivity contribution in [1.29, 1.82) is 0 Å². The van der Waals surface area contributed by atoms with Crippen LogP contribution in [0.25, 0.3) is 0 Å². The van der Waals surface area contributed by atoms with Crippen LogP contribution in [0.4, 0.5) is 19.0 Å². The maximum absolute atomic E-state index is 12.7. The number of fused-ring (bicyclic) bond motifs is 1. The van der Waals surface area contributed by atoms with Gasteiger partial charge in [0.2, 0.25) is 11.8 Å². The summed E-state index contributed by atoms with van der Waals surface area (Å²) in [5, 5.41) is 7.71. The predicted octanol–water partition coefficient (Wildman–Crippen LogP) is 3.25. The smallest absolute Gasteiger partial charge is 0.491 e. The Kier molecular flexibility index (Phi) is 9.33. The molecule has 224 valence electrons. The SMILES string of the molecule is COc1ccc(C(N)=O)cc1C(CC(=O)OC(=O)C(F)(F)F)Cc1cc(OCCc2ccc3c(n2)NCCC3)n(C)n1. The fourth-order valence-electron chi connectivity index (χ4n) is 4.67. The molecule has 1 aliphatic rings. The van der Waals surface area contributed by atoms with E-state index < -0.39 is 36.4 Å². The first-order valence-corrected chi connectivity index (χ1v) is 13.1. The number of aryl methyl sites for hydroxylation is 2. The van der Waals surface area contributed by atoms with Gasteiger partial charge in [0.15, 0.2) is 0 Å². The minimum atomic E-state index is -5.34. The molecule has 2 aromatic heterocycles. The third-order valence-corrected chi connectivity index (χ3v) is 6.71. The second kappa shape index (κ2) is 12.9. The summed E-state index contributed by atoms with van der Waals surface area (Å²) in [5.74, 6) is -4.14. The first kappa shape index (κ1) is 30.3. The van der Waals surface area contributed by atoms with Crippen molar-refractivity contribution in [2.45, 2.75) is 44.2 Å². The third-order valence-electron chi connectivity index (χ3n) is 6.71. The average Bonchev–Trinajstić information content (AvgIpc) is 3.29. The number of nitrogens with zero attached hydrogens (tertiary/aromatic N) is 3. The number of rotatable bonds is 11. The van der Waals surface area contributed by atoms with Crippen molar-refractivity contribution in [1.82, 2.24) is 14.8 Å². The van der Waals surface area contributed by atoms with E-state index >= 15 is 0 Å². The molecule has 3 N–H and O–H groups in total. The molecule has 4 rings (SSSR count). The highest BCUT2D eigenvalue weighted by Gasteiger charge is 2.42. The highest BCUT2D eigenvalue weighted by Crippen LogP contribution is 2.34. The predicted molar refractivity (Wildman–Crippen MR) is 143 cm³/mol. The van der Waals surface area contributed by atoms with Crippen molar-refractivity contribution in [3.63, 3.8) is 0 Å². The number of hydrogen-bond acceptors (Lipinski definition) is 9. The second-order valence-corrected chi connectivity index (χ2v) is 9.72. The molecule has 0 saturated heterocycles. The van der Waals surface area contributed by atoms with Gasteiger partial charge in [0.1, 0.15) is 11.6 Å². The standard InChI is InChI=1S/C28H30F3N5O6/c1-36-23(41-11-9-19-7-5-16-4-3-10-33-26(16)34-19)15-20(35-36)12-18(14-24(37)42-27(39)28(29,30)31)21-13-17(25(32)38)6-8-22(21)40-2/h5-8,13,15,18H,3-4,9-12,14H2,1-2H3,(H2,32,38)(H,33,34). The molecule has 0 aliphatic carbocycles. The van der Waals surface area contributed by atoms with Gasteiger partial charge < -0.3 is 25.3 Å². The van der Waals surface area contributed by atoms with E-state index in [1.807, 2.05) is 6.07 Å². The van der Waals surface area contributed by atoms with Gasteiger partial charge in [-0.05, 0) is 54.7 Å². The van der Waals surface area contributed by atoms with E-state index in [1.54, 1.807) is 13.1 Å². The lowest BCUT2D eigenvalue weighted by Gasteiger charge is -2.19. The summed E-state index contributed by atoms with van der Waals surface area (Å²) in [6.45, 7) is 1.18. The highest BCUT2D eigenvalue weighted by atomic mass is 19.4. The summed E-state index contributed by atoms with van der Waals surface area (Å²) in [5.41, 5.74) is 8.26. The van der Waals surface area contributed by atoms with Crippen LogP contribution >= 0.6 is 0 Å². The maximum Gasteiger partial charge on any atom is 0.491 e. The number of carbonyl (C=O) groups is 3. The summed E-state index contributed by atoms with van der Waals surface area (Å²) in [6.07, 6.45) is -3.40. The Bertz CT molecular complexity index is 1470. The number of pyridine rings is 1. The van der Waals surface area contributed by atoms with Crippen LogP contribution < -0.4 is 20.5 Å². The number of methoxy groups -OCH3 is 1. The van der Waals surface area contributed by atoms with E-state index in [0.29, 0.717) is 30.2 Å². The van der Waals surface area contributed by atoms with E-state index in [4.69, 9.17) is 15.2 Å². The summed E-state index contributed by atoms with van der Waals surface area (Å²) in [6, 6.07) is 9.89. The van der Waals surface area contributed by atoms with Crippen molar-refractivity contribution in [2.75, 3.05) is 25.6 Å². The lowest BCUT2D eigenvalue weighted by atomic mass is 9.89. The van der Waals surface area contributed by atoms with Crippen LogP contribution in [0, 0.1) is 0 Å². The molecule has 1 atom stereocenters. The maximum atomic E-state index is 12.7. The molecule has 0 radical (unpaired) electrons. The number of primary amides is 1. The lowest BCUT2D eigenvalue weighted by Crippen LogP contribution is -2.28. The summed E-state index contributed by atoms with van der Waals surface area (Å²) >= 11 is 0. The minimum Gasteiger partial charge on any atom is -0.496 e. The number of carbonyl (C=O) groups excluding carboxylic acids is 3. The van der Waals surface area contributed by atoms with Gasteiger partial charge in [-0.3, -0.25) is 9.59 Å². The van der Waals surface area contributed by atoms with E-state index in [0.717, 1.165) is 30.9 Å². The monoisotopic (exact) mass is 589 g/mol. The van der Waals surface area contributed by atoms with E-state index in [2.05, 4.69) is 26.2 Å². The summed E-state index contributed by atoms with van der Waals surface area (Å²) < 4.78 is 54.8. The van der Waals surface area contributed by atoms with Crippen LogP contribution in [0.1, 0.15) is 51.6 Å². The number of anilines is 1. The summed E-state index contributed by atoms with van der Waals surface area (Å²) in [7, 11) is 3.00. The Morgan fingerprint density at radius 3 is 2.64 bits per heavy atom. The Morgan fingerprint density at radius 1 is 1.14 bits per heavy atom. The molecule has 14 heteroatoms. The number of ether oxygens (including phenoxy) is 3. The van der Waals surface area contributed by atoms with Crippen molar-refractivity contribution < 1.29 is 41.8 Å². The Morgan fingerprint density at radius 2 is 1.93 bits per heavy atom. The molecule has 1 amide bonds. The zero-order valence-electron chi connectivity index (χ0n) is 23.0. The molecule has 0 spiro atoms. The van der Waals surface area contributed by atoms with Gasteiger partial charge in [0.25, 0.3) is 0 Å². The van der Waals surface area contributed by atoms with Gasteiger partial charge >= 0.3 is 18.1 Å². The lowest BCUT2D eigenvalue weighted by molar-refractivity contribution is -0.202. The molecule has 11 nitrogen and oxygen atoms in total. The topological polar surface area (TPSA) is 148 Å². The van der Waals surface area contributed by atoms with Gasteiger partial charge in [-0.25, -0.2) is 14.5 Å². The first-order valence-electron chi connectivity index (χ1n) is 13.1. The van der Waals surface area contributed by atoms with Crippen LogP contribution in [-0.2, 0) is 40.6 Å². The van der Waals surface area contributed by atoms with Crippen LogP contribution in [0.15, 0.2) is 36.4 Å². The average molecular weight is 590 g/mol. The van der Waals surface area contributed by atoms with Crippen LogP contribution in [0.5, 0.6) is 11.6 Å². The fourth-order valence-corrected chi connectivity index (χ4v) is 4.67. The number of halogens is 3. The van der Waals surface area contributed by atoms with E-state index in [1.165, 1.54) is 35.6 Å². The van der Waals surface area contributed by atoms with Crippen molar-refractivity contribution in [3.8, 4) is 11.6 Å². The number of amides is 1. The van der Waals surface area contributed by atoms with Gasteiger partial charge in [-0.2, -0.15) is 18.3 Å². The van der Waals surface area contributed by atoms with Crippen LogP contribution in [-0.4, -0.2) is 59.0 Å². The molecule has 0 fully saturated rings. The van der Waals surface area contributed by atoms with Gasteiger partial charge in [0.05, 0.1) is 25.8 Å². The molecule has 0 saturated carbocycles. The number of aromatic nitrogens is 3. The third kappa shape index (κ3) is 7.56. The largest absolute Gasteiger partial charge is 0.496 e. The quantitative estimate of drug-likeness (QED) is 0.254. The van der Waals surface area contributed by atoms with Gasteiger partial charge in [-0.1, -0.05) is 6.07 Å². The van der Waals surface area contributed by atoms with Crippen molar-refractivity contribution in [2.24, 2.45) is 12.8 Å². The number of benzene rings is 1. The van der Waals surface area contributed by atoms with Crippen LogP contribution in [0.3, 0.4) is 0 Å². The Labute approximate surface area is 239 Å². The Hall–Kier alpha value is -4.62. The molecule has 42 heavy (non-hydrogen) atoms. The van der Waals surface area contributed by atoms with Crippen molar-refractivity contribution >= 4 is 23.7 Å². The molecule has 1 aliphatic heterocycles. The molecule has 3 aromatic rings. The van der Waals surface area contributed by atoms with Crippen molar-refractivity contribution in [3.05, 3.63) is 64.5 Å². The zero-order valence-corrected chi connectivity index (χ0v) is 23.0. The number of hydrogen-bond donors (Lipinski definition) is 2. The van der Waals surface area contributed by atoms with Crippen LogP contribution in [0.2, 0.25) is 0 Å². The molecule has 1 unspecified atom stereocenters. The molecular formula is C28H30F3N5O6. The summed E-state index contributed by atoms with van der Waals surface area (Å²) in [4.78, 5) is 40.1. The minimum absolute atomic E-state index is 0.00311. The number of nitrogens with one attached hydrogen (secondary N) is 1. The highest BCUT2D eigenvalue weighted by molar-refractivity contribution is 5.93. The zero-order chi connectivity index (χ0) is 30.4. The van der Waals surface area contributed by atoms with Gasteiger partial charge in [-0.15, -0.1) is 0 Å². The number of esters is 2. The second-order valence-electron chi connectivity index (χ2n) is 9.72. The molecule has 1 aromatic carbocycles. The molecular weight excluding hydrogens is 559 g/mol. The Balaban J connectivity index is 1.51. The normalized spacial score (nSPS) is 13.5. The van der Waals surface area contributed by atoms with Gasteiger partial charge in [0, 0.05) is 43.3 Å². The first-order chi connectivity index (χ1) is 19.9. The number of nitrogens with two attached hydrogens (primary N) is 1. The van der Waals surface area contributed by atoms with E-state index in [9.17, 15) is 27.6 Å². The molecule has 0 bridgehead atoms. The molecule has 3 heterocycles. The number of alkyl halides is 3. The fraction of sp³-hybridized carbons (Fsp3) is 0.393.